The van der Waals surface area contributed by atoms with Gasteiger partial charge in [-0.05, 0) is 19.3 Å². The van der Waals surface area contributed by atoms with Gasteiger partial charge in [-0.25, -0.2) is 4.79 Å². The number of esters is 1. The first-order valence-electron chi connectivity index (χ1n) is 6.08. The Morgan fingerprint density at radius 3 is 2.94 bits per heavy atom. The minimum Gasteiger partial charge on any atom is -0.467 e. The zero-order valence-electron chi connectivity index (χ0n) is 10.6. The van der Waals surface area contributed by atoms with Gasteiger partial charge in [-0.2, -0.15) is 0 Å². The number of rotatable bonds is 6. The summed E-state index contributed by atoms with van der Waals surface area (Å²) in [5, 5.41) is 2.71. The molecule has 1 aliphatic heterocycles. The third-order valence-corrected chi connectivity index (χ3v) is 2.92. The second-order valence-corrected chi connectivity index (χ2v) is 4.24. The van der Waals surface area contributed by atoms with Crippen LogP contribution in [-0.4, -0.2) is 38.2 Å². The molecule has 0 spiro atoms. The number of terminal acetylenes is 1. The van der Waals surface area contributed by atoms with E-state index in [-0.39, 0.29) is 11.8 Å². The number of ether oxygens (including phenoxy) is 2. The third-order valence-electron chi connectivity index (χ3n) is 2.92. The van der Waals surface area contributed by atoms with Gasteiger partial charge >= 0.3 is 5.97 Å². The highest BCUT2D eigenvalue weighted by Gasteiger charge is 2.28. The van der Waals surface area contributed by atoms with Crippen LogP contribution in [0.1, 0.15) is 25.7 Å². The summed E-state index contributed by atoms with van der Waals surface area (Å²) in [6.07, 6.45) is 7.61. The molecule has 100 valence electrons. The summed E-state index contributed by atoms with van der Waals surface area (Å²) >= 11 is 0. The zero-order valence-corrected chi connectivity index (χ0v) is 10.6. The van der Waals surface area contributed by atoms with Crippen molar-refractivity contribution < 1.29 is 19.1 Å². The van der Waals surface area contributed by atoms with Crippen LogP contribution in [0.3, 0.4) is 0 Å². The van der Waals surface area contributed by atoms with Crippen LogP contribution < -0.4 is 5.32 Å². The van der Waals surface area contributed by atoms with E-state index in [0.29, 0.717) is 38.9 Å². The quantitative estimate of drug-likeness (QED) is 0.425. The molecule has 0 aromatic rings. The first kappa shape index (κ1) is 14.5. The van der Waals surface area contributed by atoms with E-state index in [1.165, 1.54) is 7.11 Å². The van der Waals surface area contributed by atoms with Gasteiger partial charge in [-0.15, -0.1) is 12.3 Å². The topological polar surface area (TPSA) is 64.6 Å². The van der Waals surface area contributed by atoms with Crippen LogP contribution >= 0.6 is 0 Å². The normalized spacial score (nSPS) is 19.9. The van der Waals surface area contributed by atoms with Crippen LogP contribution in [0.15, 0.2) is 0 Å². The molecule has 0 saturated carbocycles. The Labute approximate surface area is 107 Å². The van der Waals surface area contributed by atoms with Crippen molar-refractivity contribution in [2.75, 3.05) is 20.3 Å². The molecule has 1 amide bonds. The van der Waals surface area contributed by atoms with Gasteiger partial charge in [0.25, 0.3) is 0 Å². The second-order valence-electron chi connectivity index (χ2n) is 4.24. The Morgan fingerprint density at radius 1 is 1.61 bits per heavy atom. The second kappa shape index (κ2) is 7.72. The monoisotopic (exact) mass is 253 g/mol. The molecule has 1 rings (SSSR count). The summed E-state index contributed by atoms with van der Waals surface area (Å²) in [6.45, 7) is 1.02. The van der Waals surface area contributed by atoms with Crippen LogP contribution in [0.2, 0.25) is 0 Å². The number of methoxy groups -OCH3 is 1. The average molecular weight is 253 g/mol. The summed E-state index contributed by atoms with van der Waals surface area (Å²) in [5.74, 6) is 1.76. The smallest absolute Gasteiger partial charge is 0.328 e. The van der Waals surface area contributed by atoms with Gasteiger partial charge in [0.15, 0.2) is 0 Å². The average Bonchev–Trinajstić information content (AvgIpc) is 2.90. The van der Waals surface area contributed by atoms with E-state index in [9.17, 15) is 9.59 Å². The van der Waals surface area contributed by atoms with Crippen LogP contribution in [0, 0.1) is 18.3 Å². The SMILES string of the molecule is C#CCCC[C@@H](NC(=O)[C@@H]1CCOC1)C(=O)OC. The third kappa shape index (κ3) is 4.38. The Kier molecular flexibility index (Phi) is 6.23. The van der Waals surface area contributed by atoms with Crippen molar-refractivity contribution in [2.24, 2.45) is 5.92 Å². The summed E-state index contributed by atoms with van der Waals surface area (Å²) in [7, 11) is 1.31. The number of unbranched alkanes of at least 4 members (excludes halogenated alkanes) is 1. The van der Waals surface area contributed by atoms with E-state index < -0.39 is 12.0 Å². The minimum absolute atomic E-state index is 0.149. The Hall–Kier alpha value is -1.54. The summed E-state index contributed by atoms with van der Waals surface area (Å²) in [5.41, 5.74) is 0. The lowest BCUT2D eigenvalue weighted by molar-refractivity contribution is -0.145. The summed E-state index contributed by atoms with van der Waals surface area (Å²) in [4.78, 5) is 23.4. The lowest BCUT2D eigenvalue weighted by Gasteiger charge is -2.17. The van der Waals surface area contributed by atoms with Crippen LogP contribution in [0.5, 0.6) is 0 Å². The first-order valence-corrected chi connectivity index (χ1v) is 6.08. The molecule has 0 aromatic heterocycles. The van der Waals surface area contributed by atoms with Gasteiger partial charge in [-0.3, -0.25) is 4.79 Å². The lowest BCUT2D eigenvalue weighted by atomic mass is 10.1. The van der Waals surface area contributed by atoms with E-state index in [1.54, 1.807) is 0 Å². The van der Waals surface area contributed by atoms with Crippen LogP contribution in [0.25, 0.3) is 0 Å². The summed E-state index contributed by atoms with van der Waals surface area (Å²) in [6, 6.07) is -0.614. The number of nitrogens with one attached hydrogen (secondary N) is 1. The molecule has 5 heteroatoms. The van der Waals surface area contributed by atoms with Crippen molar-refractivity contribution in [1.29, 1.82) is 0 Å². The van der Waals surface area contributed by atoms with E-state index >= 15 is 0 Å². The molecule has 0 bridgehead atoms. The van der Waals surface area contributed by atoms with Gasteiger partial charge in [0.2, 0.25) is 5.91 Å². The van der Waals surface area contributed by atoms with Crippen LogP contribution in [0.4, 0.5) is 0 Å². The highest BCUT2D eigenvalue weighted by atomic mass is 16.5. The number of hydrogen-bond donors (Lipinski definition) is 1. The van der Waals surface area contributed by atoms with Crippen molar-refractivity contribution in [3.8, 4) is 12.3 Å². The maximum absolute atomic E-state index is 11.9. The molecular weight excluding hydrogens is 234 g/mol. The predicted molar refractivity (Wildman–Crippen MR) is 65.6 cm³/mol. The van der Waals surface area contributed by atoms with Crippen molar-refractivity contribution in [1.82, 2.24) is 5.32 Å². The molecule has 1 aliphatic rings. The fourth-order valence-corrected chi connectivity index (χ4v) is 1.83. The standard InChI is InChI=1S/C13H19NO4/c1-3-4-5-6-11(13(16)17-2)14-12(15)10-7-8-18-9-10/h1,10-11H,4-9H2,2H3,(H,14,15)/t10-,11-/m1/s1. The Bertz CT molecular complexity index is 328. The van der Waals surface area contributed by atoms with E-state index in [0.717, 1.165) is 0 Å². The Morgan fingerprint density at radius 2 is 2.39 bits per heavy atom. The van der Waals surface area contributed by atoms with E-state index in [4.69, 9.17) is 11.2 Å². The zero-order chi connectivity index (χ0) is 13.4. The fourth-order valence-electron chi connectivity index (χ4n) is 1.83. The molecule has 0 radical (unpaired) electrons. The lowest BCUT2D eigenvalue weighted by Crippen LogP contribution is -2.44. The largest absolute Gasteiger partial charge is 0.467 e. The molecule has 5 nitrogen and oxygen atoms in total. The van der Waals surface area contributed by atoms with Crippen molar-refractivity contribution in [3.63, 3.8) is 0 Å². The Balaban J connectivity index is 2.46. The van der Waals surface area contributed by atoms with E-state index in [2.05, 4.69) is 16.0 Å². The number of carbonyl (C=O) groups excluding carboxylic acids is 2. The van der Waals surface area contributed by atoms with Gasteiger partial charge in [0, 0.05) is 13.0 Å². The predicted octanol–water partition coefficient (Wildman–Crippen LogP) is 0.484. The van der Waals surface area contributed by atoms with Gasteiger partial charge in [0.05, 0.1) is 19.6 Å². The minimum atomic E-state index is -0.614. The molecule has 18 heavy (non-hydrogen) atoms. The highest BCUT2D eigenvalue weighted by Crippen LogP contribution is 2.13. The van der Waals surface area contributed by atoms with Crippen LogP contribution in [-0.2, 0) is 19.1 Å². The van der Waals surface area contributed by atoms with Crippen molar-refractivity contribution in [2.45, 2.75) is 31.7 Å². The van der Waals surface area contributed by atoms with E-state index in [1.807, 2.05) is 0 Å². The van der Waals surface area contributed by atoms with Crippen molar-refractivity contribution in [3.05, 3.63) is 0 Å². The molecule has 2 atom stereocenters. The molecule has 0 aliphatic carbocycles. The number of hydrogen-bond acceptors (Lipinski definition) is 4. The number of carbonyl (C=O) groups is 2. The van der Waals surface area contributed by atoms with Gasteiger partial charge in [-0.1, -0.05) is 0 Å². The van der Waals surface area contributed by atoms with Crippen molar-refractivity contribution >= 4 is 11.9 Å². The maximum atomic E-state index is 11.9. The van der Waals surface area contributed by atoms with Gasteiger partial charge in [0.1, 0.15) is 6.04 Å². The molecule has 0 unspecified atom stereocenters. The molecule has 1 fully saturated rings. The molecule has 1 heterocycles. The number of amides is 1. The summed E-state index contributed by atoms with van der Waals surface area (Å²) < 4.78 is 9.81. The van der Waals surface area contributed by atoms with Gasteiger partial charge < -0.3 is 14.8 Å². The highest BCUT2D eigenvalue weighted by molar-refractivity contribution is 5.85. The first-order chi connectivity index (χ1) is 8.69. The fraction of sp³-hybridized carbons (Fsp3) is 0.692. The molecule has 0 aromatic carbocycles. The maximum Gasteiger partial charge on any atom is 0.328 e. The molecule has 1 saturated heterocycles. The molecule has 1 N–H and O–H groups in total. The molecular formula is C13H19NO4.